The lowest BCUT2D eigenvalue weighted by Crippen LogP contribution is -1.84. The van der Waals surface area contributed by atoms with Gasteiger partial charge < -0.3 is 5.11 Å². The second-order valence-electron chi connectivity index (χ2n) is 3.49. The minimum atomic E-state index is -0.957. The van der Waals surface area contributed by atoms with Crippen molar-refractivity contribution in [3.8, 4) is 0 Å². The quantitative estimate of drug-likeness (QED) is 0.645. The van der Waals surface area contributed by atoms with Gasteiger partial charge in [0.2, 0.25) is 0 Å². The van der Waals surface area contributed by atoms with E-state index in [2.05, 4.69) is 4.98 Å². The molecule has 0 amide bonds. The first-order valence-electron chi connectivity index (χ1n) is 5.19. The molecule has 1 heterocycles. The Bertz CT molecular complexity index is 600. The van der Waals surface area contributed by atoms with Gasteiger partial charge in [0.25, 0.3) is 0 Å². The maximum atomic E-state index is 10.2. The van der Waals surface area contributed by atoms with E-state index in [-0.39, 0.29) is 0 Å². The molecule has 0 aliphatic rings. The van der Waals surface area contributed by atoms with Gasteiger partial charge in [-0.05, 0) is 18.2 Å². The van der Waals surface area contributed by atoms with Crippen LogP contribution in [0.2, 0.25) is 0 Å². The Balaban J connectivity index is 2.22. The SMILES string of the molecule is O=C(O)/C=C/C=C/c1ccc2ccccc2n1. The fraction of sp³-hybridized carbons (Fsp3) is 0. The Hall–Kier alpha value is -2.42. The van der Waals surface area contributed by atoms with Gasteiger partial charge in [-0.15, -0.1) is 0 Å². The topological polar surface area (TPSA) is 50.2 Å². The standard InChI is InChI=1S/C14H11NO2/c16-14(17)8-4-2-6-12-10-9-11-5-1-3-7-13(11)15-12/h1-10H,(H,16,17)/b6-2+,8-4+. The number of para-hydroxylation sites is 1. The molecule has 0 radical (unpaired) electrons. The van der Waals surface area contributed by atoms with Crippen LogP contribution in [0.25, 0.3) is 17.0 Å². The van der Waals surface area contributed by atoms with E-state index < -0.39 is 5.97 Å². The summed E-state index contributed by atoms with van der Waals surface area (Å²) in [6, 6.07) is 11.7. The molecule has 84 valence electrons. The van der Waals surface area contributed by atoms with E-state index in [9.17, 15) is 4.79 Å². The minimum Gasteiger partial charge on any atom is -0.478 e. The van der Waals surface area contributed by atoms with Crippen molar-refractivity contribution in [2.24, 2.45) is 0 Å². The molecule has 0 bridgehead atoms. The summed E-state index contributed by atoms with van der Waals surface area (Å²) in [6.07, 6.45) is 5.98. The molecular formula is C14H11NO2. The Labute approximate surface area is 98.7 Å². The summed E-state index contributed by atoms with van der Waals surface area (Å²) in [5.74, 6) is -0.957. The molecule has 0 atom stereocenters. The first kappa shape index (κ1) is 11.1. The van der Waals surface area contributed by atoms with Gasteiger partial charge in [-0.25, -0.2) is 9.78 Å². The number of aromatic nitrogens is 1. The zero-order valence-electron chi connectivity index (χ0n) is 9.08. The van der Waals surface area contributed by atoms with Crippen molar-refractivity contribution in [3.05, 3.63) is 60.3 Å². The molecule has 3 nitrogen and oxygen atoms in total. The van der Waals surface area contributed by atoms with Gasteiger partial charge in [0, 0.05) is 11.5 Å². The van der Waals surface area contributed by atoms with Crippen LogP contribution in [0.3, 0.4) is 0 Å². The average molecular weight is 225 g/mol. The molecule has 1 aromatic carbocycles. The van der Waals surface area contributed by atoms with Gasteiger partial charge in [-0.1, -0.05) is 36.4 Å². The van der Waals surface area contributed by atoms with Crippen LogP contribution in [0.4, 0.5) is 0 Å². The zero-order valence-corrected chi connectivity index (χ0v) is 9.08. The van der Waals surface area contributed by atoms with Crippen molar-refractivity contribution < 1.29 is 9.90 Å². The number of pyridine rings is 1. The van der Waals surface area contributed by atoms with Crippen molar-refractivity contribution in [3.63, 3.8) is 0 Å². The first-order chi connectivity index (χ1) is 8.25. The van der Waals surface area contributed by atoms with Crippen LogP contribution in [0.1, 0.15) is 5.69 Å². The van der Waals surface area contributed by atoms with Crippen LogP contribution in [0.15, 0.2) is 54.6 Å². The molecule has 0 fully saturated rings. The first-order valence-corrected chi connectivity index (χ1v) is 5.19. The van der Waals surface area contributed by atoms with Gasteiger partial charge in [0.05, 0.1) is 11.2 Å². The smallest absolute Gasteiger partial charge is 0.328 e. The average Bonchev–Trinajstić information content (AvgIpc) is 2.34. The van der Waals surface area contributed by atoms with E-state index in [0.29, 0.717) is 0 Å². The molecule has 0 spiro atoms. The Kier molecular flexibility index (Phi) is 3.31. The highest BCUT2D eigenvalue weighted by atomic mass is 16.4. The number of carboxylic acid groups (broad SMARTS) is 1. The largest absolute Gasteiger partial charge is 0.478 e. The van der Waals surface area contributed by atoms with Crippen LogP contribution >= 0.6 is 0 Å². The number of rotatable bonds is 3. The van der Waals surface area contributed by atoms with Crippen LogP contribution in [0.5, 0.6) is 0 Å². The van der Waals surface area contributed by atoms with Crippen LogP contribution in [0, 0.1) is 0 Å². The Morgan fingerprint density at radius 1 is 1.12 bits per heavy atom. The van der Waals surface area contributed by atoms with Crippen molar-refractivity contribution in [2.45, 2.75) is 0 Å². The third kappa shape index (κ3) is 3.01. The Morgan fingerprint density at radius 2 is 1.94 bits per heavy atom. The molecule has 17 heavy (non-hydrogen) atoms. The van der Waals surface area contributed by atoms with E-state index >= 15 is 0 Å². The van der Waals surface area contributed by atoms with Gasteiger partial charge in [-0.3, -0.25) is 0 Å². The number of carboxylic acids is 1. The fourth-order valence-electron chi connectivity index (χ4n) is 1.47. The zero-order chi connectivity index (χ0) is 12.1. The summed E-state index contributed by atoms with van der Waals surface area (Å²) < 4.78 is 0. The van der Waals surface area contributed by atoms with E-state index in [0.717, 1.165) is 22.7 Å². The monoisotopic (exact) mass is 225 g/mol. The summed E-state index contributed by atoms with van der Waals surface area (Å²) in [5, 5.41) is 9.50. The molecule has 0 aliphatic carbocycles. The predicted octanol–water partition coefficient (Wildman–Crippen LogP) is 2.89. The molecule has 0 saturated heterocycles. The molecule has 2 aromatic rings. The van der Waals surface area contributed by atoms with Gasteiger partial charge in [0.1, 0.15) is 0 Å². The van der Waals surface area contributed by atoms with Crippen LogP contribution < -0.4 is 0 Å². The van der Waals surface area contributed by atoms with Crippen molar-refractivity contribution >= 4 is 22.9 Å². The van der Waals surface area contributed by atoms with E-state index in [1.54, 1.807) is 12.2 Å². The lowest BCUT2D eigenvalue weighted by atomic mass is 10.2. The molecule has 0 unspecified atom stereocenters. The fourth-order valence-corrected chi connectivity index (χ4v) is 1.47. The summed E-state index contributed by atoms with van der Waals surface area (Å²) in [6.45, 7) is 0. The molecule has 0 saturated carbocycles. The summed E-state index contributed by atoms with van der Waals surface area (Å²) >= 11 is 0. The highest BCUT2D eigenvalue weighted by Crippen LogP contribution is 2.12. The minimum absolute atomic E-state index is 0.804. The maximum Gasteiger partial charge on any atom is 0.328 e. The molecule has 0 aliphatic heterocycles. The van der Waals surface area contributed by atoms with Crippen LogP contribution in [-0.2, 0) is 4.79 Å². The number of allylic oxidation sites excluding steroid dienone is 2. The third-order valence-electron chi connectivity index (χ3n) is 2.24. The van der Waals surface area contributed by atoms with E-state index in [1.807, 2.05) is 36.4 Å². The van der Waals surface area contributed by atoms with Crippen molar-refractivity contribution in [1.29, 1.82) is 0 Å². The number of benzene rings is 1. The number of carbonyl (C=O) groups is 1. The number of fused-ring (bicyclic) bond motifs is 1. The van der Waals surface area contributed by atoms with Crippen LogP contribution in [-0.4, -0.2) is 16.1 Å². The second-order valence-corrected chi connectivity index (χ2v) is 3.49. The molecule has 1 aromatic heterocycles. The highest BCUT2D eigenvalue weighted by molar-refractivity contribution is 5.81. The van der Waals surface area contributed by atoms with Crippen molar-refractivity contribution in [1.82, 2.24) is 4.98 Å². The predicted molar refractivity (Wildman–Crippen MR) is 67.6 cm³/mol. The molecule has 3 heteroatoms. The lowest BCUT2D eigenvalue weighted by Gasteiger charge is -1.97. The molecule has 1 N–H and O–H groups in total. The maximum absolute atomic E-state index is 10.2. The normalized spacial score (nSPS) is 11.5. The summed E-state index contributed by atoms with van der Waals surface area (Å²) in [5.41, 5.74) is 1.73. The highest BCUT2D eigenvalue weighted by Gasteiger charge is 1.93. The van der Waals surface area contributed by atoms with Gasteiger partial charge in [0.15, 0.2) is 0 Å². The van der Waals surface area contributed by atoms with E-state index in [1.165, 1.54) is 6.08 Å². The number of nitrogens with zero attached hydrogens (tertiary/aromatic N) is 1. The second kappa shape index (κ2) is 5.07. The van der Waals surface area contributed by atoms with Crippen molar-refractivity contribution in [2.75, 3.05) is 0 Å². The van der Waals surface area contributed by atoms with E-state index in [4.69, 9.17) is 5.11 Å². The molecule has 2 rings (SSSR count). The number of aliphatic carboxylic acids is 1. The van der Waals surface area contributed by atoms with Gasteiger partial charge >= 0.3 is 5.97 Å². The summed E-state index contributed by atoms with van der Waals surface area (Å²) in [4.78, 5) is 14.7. The number of hydrogen-bond acceptors (Lipinski definition) is 2. The third-order valence-corrected chi connectivity index (χ3v) is 2.24. The molecular weight excluding hydrogens is 214 g/mol. The lowest BCUT2D eigenvalue weighted by molar-refractivity contribution is -0.131. The Morgan fingerprint density at radius 3 is 2.76 bits per heavy atom. The summed E-state index contributed by atoms with van der Waals surface area (Å²) in [7, 11) is 0. The van der Waals surface area contributed by atoms with Gasteiger partial charge in [-0.2, -0.15) is 0 Å². The number of hydrogen-bond donors (Lipinski definition) is 1.